The number of hydrogen-bond donors (Lipinski definition) is 1. The summed E-state index contributed by atoms with van der Waals surface area (Å²) in [5.74, 6) is -0.434. The van der Waals surface area contributed by atoms with Crippen LogP contribution in [0.1, 0.15) is 12.5 Å². The smallest absolute Gasteiger partial charge is 0.320 e. The van der Waals surface area contributed by atoms with E-state index in [9.17, 15) is 9.18 Å². The first-order valence-electron chi connectivity index (χ1n) is 6.55. The molecule has 0 saturated carbocycles. The van der Waals surface area contributed by atoms with Crippen LogP contribution in [-0.4, -0.2) is 17.5 Å². The Balaban J connectivity index is 2.04. The fourth-order valence-corrected chi connectivity index (χ4v) is 1.89. The molecule has 0 aliphatic carbocycles. The minimum absolute atomic E-state index is 0.198. The standard InChI is InChI=1S/C16H17FN2O/c1-2-19(12-13-8-4-3-5-9-13)16(20)18-15-11-7-6-10-14(15)17/h3-11H,2,12H2,1H3,(H,18,20). The molecule has 0 unspecified atom stereocenters. The van der Waals surface area contributed by atoms with E-state index in [2.05, 4.69) is 5.32 Å². The highest BCUT2D eigenvalue weighted by atomic mass is 19.1. The Kier molecular flexibility index (Phi) is 4.71. The summed E-state index contributed by atoms with van der Waals surface area (Å²) in [7, 11) is 0. The first kappa shape index (κ1) is 14.1. The van der Waals surface area contributed by atoms with E-state index in [4.69, 9.17) is 0 Å². The third-order valence-electron chi connectivity index (χ3n) is 3.00. The molecule has 2 aromatic carbocycles. The van der Waals surface area contributed by atoms with Crippen LogP contribution >= 0.6 is 0 Å². The fraction of sp³-hybridized carbons (Fsp3) is 0.188. The van der Waals surface area contributed by atoms with Crippen molar-refractivity contribution < 1.29 is 9.18 Å². The van der Waals surface area contributed by atoms with Crippen LogP contribution in [0.5, 0.6) is 0 Å². The number of carbonyl (C=O) groups is 1. The van der Waals surface area contributed by atoms with Gasteiger partial charge in [0.25, 0.3) is 0 Å². The van der Waals surface area contributed by atoms with E-state index in [1.54, 1.807) is 23.1 Å². The number of rotatable bonds is 4. The summed E-state index contributed by atoms with van der Waals surface area (Å²) in [6, 6.07) is 15.5. The van der Waals surface area contributed by atoms with Gasteiger partial charge in [0, 0.05) is 13.1 Å². The van der Waals surface area contributed by atoms with Gasteiger partial charge >= 0.3 is 6.03 Å². The molecule has 0 radical (unpaired) electrons. The van der Waals surface area contributed by atoms with E-state index in [0.29, 0.717) is 13.1 Å². The molecule has 3 nitrogen and oxygen atoms in total. The van der Waals surface area contributed by atoms with Gasteiger partial charge in [-0.05, 0) is 24.6 Å². The summed E-state index contributed by atoms with van der Waals surface area (Å²) < 4.78 is 13.5. The SMILES string of the molecule is CCN(Cc1ccccc1)C(=O)Nc1ccccc1F. The second-order valence-corrected chi connectivity index (χ2v) is 4.41. The zero-order valence-electron chi connectivity index (χ0n) is 11.3. The molecule has 2 rings (SSSR count). The molecule has 0 aliphatic rings. The Hall–Kier alpha value is -2.36. The number of nitrogens with one attached hydrogen (secondary N) is 1. The lowest BCUT2D eigenvalue weighted by molar-refractivity contribution is 0.212. The van der Waals surface area contributed by atoms with Crippen molar-refractivity contribution >= 4 is 11.7 Å². The van der Waals surface area contributed by atoms with Crippen LogP contribution in [0.25, 0.3) is 0 Å². The molecule has 20 heavy (non-hydrogen) atoms. The predicted molar refractivity (Wildman–Crippen MR) is 77.9 cm³/mol. The number of benzene rings is 2. The number of carbonyl (C=O) groups excluding carboxylic acids is 1. The Bertz CT molecular complexity index is 572. The molecule has 0 atom stereocenters. The molecule has 4 heteroatoms. The lowest BCUT2D eigenvalue weighted by atomic mass is 10.2. The van der Waals surface area contributed by atoms with Crippen LogP contribution in [0.15, 0.2) is 54.6 Å². The molecule has 1 N–H and O–H groups in total. The van der Waals surface area contributed by atoms with E-state index in [0.717, 1.165) is 5.56 Å². The minimum Gasteiger partial charge on any atom is -0.320 e. The Morgan fingerprint density at radius 2 is 1.75 bits per heavy atom. The van der Waals surface area contributed by atoms with E-state index < -0.39 is 5.82 Å². The van der Waals surface area contributed by atoms with Crippen molar-refractivity contribution in [2.24, 2.45) is 0 Å². The van der Waals surface area contributed by atoms with E-state index in [-0.39, 0.29) is 11.7 Å². The molecule has 0 saturated heterocycles. The number of para-hydroxylation sites is 1. The number of anilines is 1. The second-order valence-electron chi connectivity index (χ2n) is 4.41. The topological polar surface area (TPSA) is 32.3 Å². The highest BCUT2D eigenvalue weighted by Crippen LogP contribution is 2.14. The molecule has 2 aromatic rings. The summed E-state index contributed by atoms with van der Waals surface area (Å²) in [6.07, 6.45) is 0. The maximum Gasteiger partial charge on any atom is 0.322 e. The van der Waals surface area contributed by atoms with Crippen LogP contribution in [0.3, 0.4) is 0 Å². The average Bonchev–Trinajstić information content (AvgIpc) is 2.48. The predicted octanol–water partition coefficient (Wildman–Crippen LogP) is 3.88. The molecule has 0 spiro atoms. The van der Waals surface area contributed by atoms with Crippen LogP contribution in [0, 0.1) is 5.82 Å². The number of urea groups is 1. The minimum atomic E-state index is -0.434. The second kappa shape index (κ2) is 6.70. The summed E-state index contributed by atoms with van der Waals surface area (Å²) in [6.45, 7) is 2.94. The van der Waals surface area contributed by atoms with Gasteiger partial charge in [-0.25, -0.2) is 9.18 Å². The van der Waals surface area contributed by atoms with Crippen molar-refractivity contribution in [2.45, 2.75) is 13.5 Å². The van der Waals surface area contributed by atoms with Crippen LogP contribution in [-0.2, 0) is 6.54 Å². The maximum absolute atomic E-state index is 13.5. The average molecular weight is 272 g/mol. The van der Waals surface area contributed by atoms with Crippen molar-refractivity contribution in [1.29, 1.82) is 0 Å². The van der Waals surface area contributed by atoms with Crippen molar-refractivity contribution in [1.82, 2.24) is 4.90 Å². The van der Waals surface area contributed by atoms with Crippen LogP contribution < -0.4 is 5.32 Å². The molecular weight excluding hydrogens is 255 g/mol. The van der Waals surface area contributed by atoms with Crippen LogP contribution in [0.2, 0.25) is 0 Å². The first-order valence-corrected chi connectivity index (χ1v) is 6.55. The maximum atomic E-state index is 13.5. The van der Waals surface area contributed by atoms with Crippen molar-refractivity contribution in [2.75, 3.05) is 11.9 Å². The third-order valence-corrected chi connectivity index (χ3v) is 3.00. The largest absolute Gasteiger partial charge is 0.322 e. The molecule has 0 bridgehead atoms. The van der Waals surface area contributed by atoms with E-state index in [1.165, 1.54) is 6.07 Å². The van der Waals surface area contributed by atoms with Gasteiger partial charge in [0.1, 0.15) is 5.82 Å². The van der Waals surface area contributed by atoms with Crippen molar-refractivity contribution in [3.8, 4) is 0 Å². The lowest BCUT2D eigenvalue weighted by Gasteiger charge is -2.21. The zero-order valence-corrected chi connectivity index (χ0v) is 11.3. The highest BCUT2D eigenvalue weighted by Gasteiger charge is 2.13. The summed E-state index contributed by atoms with van der Waals surface area (Å²) in [5, 5.41) is 2.59. The molecular formula is C16H17FN2O. The Labute approximate surface area is 118 Å². The van der Waals surface area contributed by atoms with Gasteiger partial charge in [-0.1, -0.05) is 42.5 Å². The van der Waals surface area contributed by atoms with Crippen molar-refractivity contribution in [3.05, 3.63) is 66.0 Å². The molecule has 0 heterocycles. The quantitative estimate of drug-likeness (QED) is 0.900. The number of hydrogen-bond acceptors (Lipinski definition) is 1. The van der Waals surface area contributed by atoms with Gasteiger partial charge in [0.15, 0.2) is 0 Å². The number of halogens is 1. The van der Waals surface area contributed by atoms with Gasteiger partial charge in [-0.3, -0.25) is 0 Å². The number of nitrogens with zero attached hydrogens (tertiary/aromatic N) is 1. The van der Waals surface area contributed by atoms with Gasteiger partial charge < -0.3 is 10.2 Å². The number of amides is 2. The molecule has 0 aliphatic heterocycles. The highest BCUT2D eigenvalue weighted by molar-refractivity contribution is 5.89. The van der Waals surface area contributed by atoms with Gasteiger partial charge in [-0.2, -0.15) is 0 Å². The molecule has 104 valence electrons. The first-order chi connectivity index (χ1) is 9.70. The normalized spacial score (nSPS) is 10.1. The monoisotopic (exact) mass is 272 g/mol. The molecule has 0 fully saturated rings. The summed E-state index contributed by atoms with van der Waals surface area (Å²) >= 11 is 0. The molecule has 0 aromatic heterocycles. The zero-order chi connectivity index (χ0) is 14.4. The lowest BCUT2D eigenvalue weighted by Crippen LogP contribution is -2.34. The van der Waals surface area contributed by atoms with Gasteiger partial charge in [0.05, 0.1) is 5.69 Å². The Morgan fingerprint density at radius 3 is 2.40 bits per heavy atom. The van der Waals surface area contributed by atoms with E-state index in [1.807, 2.05) is 37.3 Å². The molecule has 2 amide bonds. The van der Waals surface area contributed by atoms with Gasteiger partial charge in [-0.15, -0.1) is 0 Å². The Morgan fingerprint density at radius 1 is 1.10 bits per heavy atom. The van der Waals surface area contributed by atoms with Gasteiger partial charge in [0.2, 0.25) is 0 Å². The summed E-state index contributed by atoms with van der Waals surface area (Å²) in [4.78, 5) is 13.8. The fourth-order valence-electron chi connectivity index (χ4n) is 1.89. The third kappa shape index (κ3) is 3.57. The van der Waals surface area contributed by atoms with Crippen LogP contribution in [0.4, 0.5) is 14.9 Å². The summed E-state index contributed by atoms with van der Waals surface area (Å²) in [5.41, 5.74) is 1.24. The van der Waals surface area contributed by atoms with E-state index >= 15 is 0 Å². The van der Waals surface area contributed by atoms with Crippen molar-refractivity contribution in [3.63, 3.8) is 0 Å².